The number of fused-ring (bicyclic) bond motifs is 1. The fraction of sp³-hybridized carbons (Fsp3) is 0.267. The Hall–Kier alpha value is -1.98. The van der Waals surface area contributed by atoms with Crippen molar-refractivity contribution in [3.05, 3.63) is 52.4 Å². The van der Waals surface area contributed by atoms with Crippen molar-refractivity contribution in [3.63, 3.8) is 0 Å². The van der Waals surface area contributed by atoms with Gasteiger partial charge in [0.25, 0.3) is 0 Å². The van der Waals surface area contributed by atoms with E-state index in [0.29, 0.717) is 25.6 Å². The summed E-state index contributed by atoms with van der Waals surface area (Å²) < 4.78 is 11.0. The Labute approximate surface area is 127 Å². The minimum atomic E-state index is 0.173. The first kappa shape index (κ1) is 14.0. The summed E-state index contributed by atoms with van der Waals surface area (Å²) in [4.78, 5) is 12.7. The molecular weight excluding hydrogens is 290 g/mol. The predicted molar refractivity (Wildman–Crippen MR) is 79.9 cm³/mol. The van der Waals surface area contributed by atoms with Crippen molar-refractivity contribution in [2.24, 2.45) is 4.99 Å². The van der Waals surface area contributed by atoms with Gasteiger partial charge in [-0.1, -0.05) is 30.3 Å². The first-order valence-electron chi connectivity index (χ1n) is 6.53. The maximum atomic E-state index is 5.85. The lowest BCUT2D eigenvalue weighted by Crippen LogP contribution is -2.12. The molecule has 2 heterocycles. The Kier molecular flexibility index (Phi) is 4.13. The molecule has 1 aromatic heterocycles. The van der Waals surface area contributed by atoms with Gasteiger partial charge in [-0.05, 0) is 17.2 Å². The lowest BCUT2D eigenvalue weighted by Gasteiger charge is -2.09. The van der Waals surface area contributed by atoms with Crippen molar-refractivity contribution in [2.75, 3.05) is 13.7 Å². The average molecular weight is 304 g/mol. The number of methoxy groups -OCH3 is 1. The number of nitrogens with zero attached hydrogens (tertiary/aromatic N) is 3. The van der Waals surface area contributed by atoms with Crippen LogP contribution in [-0.4, -0.2) is 29.4 Å². The lowest BCUT2D eigenvalue weighted by atomic mass is 10.1. The molecule has 0 amide bonds. The molecule has 5 nitrogen and oxygen atoms in total. The fourth-order valence-electron chi connectivity index (χ4n) is 2.21. The second kappa shape index (κ2) is 6.20. The number of ether oxygens (including phenoxy) is 2. The SMILES string of the molecule is COc1nc(Cl)nc2c1C(COCc1ccccc1)=NC2. The number of benzene rings is 1. The minimum absolute atomic E-state index is 0.173. The summed E-state index contributed by atoms with van der Waals surface area (Å²) >= 11 is 5.85. The Morgan fingerprint density at radius 2 is 1.95 bits per heavy atom. The Balaban J connectivity index is 1.70. The summed E-state index contributed by atoms with van der Waals surface area (Å²) in [5, 5.41) is 0.173. The molecule has 0 N–H and O–H groups in total. The van der Waals surface area contributed by atoms with Crippen LogP contribution in [0.1, 0.15) is 16.8 Å². The van der Waals surface area contributed by atoms with Crippen LogP contribution in [0, 0.1) is 0 Å². The van der Waals surface area contributed by atoms with Crippen molar-refractivity contribution >= 4 is 17.3 Å². The van der Waals surface area contributed by atoms with Crippen LogP contribution in [0.4, 0.5) is 0 Å². The summed E-state index contributed by atoms with van der Waals surface area (Å²) in [6, 6.07) is 9.99. The molecule has 2 aromatic rings. The molecule has 0 unspecified atom stereocenters. The molecule has 0 saturated heterocycles. The summed E-state index contributed by atoms with van der Waals surface area (Å²) in [7, 11) is 1.56. The van der Waals surface area contributed by atoms with Gasteiger partial charge in [-0.3, -0.25) is 4.99 Å². The standard InChI is InChI=1S/C15H14ClN3O2/c1-20-14-13-11(18-15(16)19-14)7-17-12(13)9-21-8-10-5-3-2-4-6-10/h2-6H,7-9H2,1H3. The highest BCUT2D eigenvalue weighted by Gasteiger charge is 2.24. The van der Waals surface area contributed by atoms with Crippen LogP contribution in [0.3, 0.4) is 0 Å². The smallest absolute Gasteiger partial charge is 0.227 e. The molecule has 6 heteroatoms. The highest BCUT2D eigenvalue weighted by atomic mass is 35.5. The summed E-state index contributed by atoms with van der Waals surface area (Å²) in [5.41, 5.74) is 3.50. The van der Waals surface area contributed by atoms with Gasteiger partial charge in [-0.25, -0.2) is 4.98 Å². The molecule has 0 aliphatic carbocycles. The van der Waals surface area contributed by atoms with E-state index in [1.165, 1.54) is 0 Å². The van der Waals surface area contributed by atoms with E-state index in [1.807, 2.05) is 30.3 Å². The van der Waals surface area contributed by atoms with Crippen LogP contribution in [0.5, 0.6) is 5.88 Å². The van der Waals surface area contributed by atoms with Gasteiger partial charge in [0, 0.05) is 0 Å². The van der Waals surface area contributed by atoms with E-state index >= 15 is 0 Å². The van der Waals surface area contributed by atoms with E-state index in [0.717, 1.165) is 22.5 Å². The van der Waals surface area contributed by atoms with Crippen molar-refractivity contribution in [1.29, 1.82) is 0 Å². The number of aromatic nitrogens is 2. The molecule has 0 radical (unpaired) electrons. The number of aliphatic imine (C=N–C) groups is 1. The fourth-order valence-corrected chi connectivity index (χ4v) is 2.39. The molecule has 0 bridgehead atoms. The Morgan fingerprint density at radius 1 is 1.14 bits per heavy atom. The number of halogens is 1. The molecule has 0 atom stereocenters. The molecule has 1 aromatic carbocycles. The maximum absolute atomic E-state index is 5.85. The van der Waals surface area contributed by atoms with E-state index in [1.54, 1.807) is 7.11 Å². The average Bonchev–Trinajstić information content (AvgIpc) is 2.90. The van der Waals surface area contributed by atoms with Gasteiger partial charge < -0.3 is 9.47 Å². The predicted octanol–water partition coefficient (Wildman–Crippen LogP) is 2.66. The van der Waals surface area contributed by atoms with E-state index in [2.05, 4.69) is 15.0 Å². The number of rotatable bonds is 5. The van der Waals surface area contributed by atoms with Crippen LogP contribution < -0.4 is 4.74 Å². The molecule has 1 aliphatic rings. The summed E-state index contributed by atoms with van der Waals surface area (Å²) in [6.07, 6.45) is 0. The zero-order valence-corrected chi connectivity index (χ0v) is 12.3. The third kappa shape index (κ3) is 3.04. The Bertz CT molecular complexity index is 674. The normalized spacial score (nSPS) is 13.0. The first-order chi connectivity index (χ1) is 10.3. The third-order valence-electron chi connectivity index (χ3n) is 3.18. The number of hydrogen-bond acceptors (Lipinski definition) is 5. The first-order valence-corrected chi connectivity index (χ1v) is 6.91. The van der Waals surface area contributed by atoms with Gasteiger partial charge >= 0.3 is 0 Å². The van der Waals surface area contributed by atoms with Crippen LogP contribution >= 0.6 is 11.6 Å². The second-order valence-electron chi connectivity index (χ2n) is 4.56. The van der Waals surface area contributed by atoms with E-state index in [4.69, 9.17) is 21.1 Å². The van der Waals surface area contributed by atoms with Crippen LogP contribution in [0.2, 0.25) is 5.28 Å². The molecule has 108 valence electrons. The van der Waals surface area contributed by atoms with Gasteiger partial charge in [-0.15, -0.1) is 0 Å². The van der Waals surface area contributed by atoms with Crippen LogP contribution in [0.25, 0.3) is 0 Å². The van der Waals surface area contributed by atoms with E-state index < -0.39 is 0 Å². The molecular formula is C15H14ClN3O2. The van der Waals surface area contributed by atoms with Gasteiger partial charge in [0.05, 0.1) is 43.8 Å². The van der Waals surface area contributed by atoms with Crippen molar-refractivity contribution in [2.45, 2.75) is 13.2 Å². The van der Waals surface area contributed by atoms with Gasteiger partial charge in [-0.2, -0.15) is 4.98 Å². The van der Waals surface area contributed by atoms with E-state index in [-0.39, 0.29) is 5.28 Å². The highest BCUT2D eigenvalue weighted by Crippen LogP contribution is 2.27. The van der Waals surface area contributed by atoms with Crippen molar-refractivity contribution in [1.82, 2.24) is 9.97 Å². The Morgan fingerprint density at radius 3 is 2.71 bits per heavy atom. The summed E-state index contributed by atoms with van der Waals surface area (Å²) in [5.74, 6) is 0.449. The number of hydrogen-bond donors (Lipinski definition) is 0. The zero-order chi connectivity index (χ0) is 14.7. The molecule has 21 heavy (non-hydrogen) atoms. The molecule has 3 rings (SSSR count). The molecule has 0 spiro atoms. The quantitative estimate of drug-likeness (QED) is 0.797. The van der Waals surface area contributed by atoms with Gasteiger partial charge in [0.2, 0.25) is 11.2 Å². The zero-order valence-electron chi connectivity index (χ0n) is 11.5. The lowest BCUT2D eigenvalue weighted by molar-refractivity contribution is 0.158. The van der Waals surface area contributed by atoms with Crippen molar-refractivity contribution < 1.29 is 9.47 Å². The minimum Gasteiger partial charge on any atom is -0.480 e. The van der Waals surface area contributed by atoms with Crippen LogP contribution in [0.15, 0.2) is 35.3 Å². The molecule has 1 aliphatic heterocycles. The monoisotopic (exact) mass is 303 g/mol. The topological polar surface area (TPSA) is 56.6 Å². The maximum Gasteiger partial charge on any atom is 0.227 e. The molecule has 0 saturated carbocycles. The third-order valence-corrected chi connectivity index (χ3v) is 3.34. The second-order valence-corrected chi connectivity index (χ2v) is 4.90. The van der Waals surface area contributed by atoms with Gasteiger partial charge in [0.1, 0.15) is 0 Å². The summed E-state index contributed by atoms with van der Waals surface area (Å²) in [6.45, 7) is 1.41. The largest absolute Gasteiger partial charge is 0.480 e. The highest BCUT2D eigenvalue weighted by molar-refractivity contribution is 6.28. The van der Waals surface area contributed by atoms with Gasteiger partial charge in [0.15, 0.2) is 0 Å². The van der Waals surface area contributed by atoms with E-state index in [9.17, 15) is 0 Å². The molecule has 0 fully saturated rings. The van der Waals surface area contributed by atoms with Crippen molar-refractivity contribution in [3.8, 4) is 5.88 Å². The van der Waals surface area contributed by atoms with Crippen LogP contribution in [-0.2, 0) is 17.9 Å².